The highest BCUT2D eigenvalue weighted by molar-refractivity contribution is 6.30. The molecule has 27 heavy (non-hydrogen) atoms. The fourth-order valence-electron chi connectivity index (χ4n) is 3.05. The van der Waals surface area contributed by atoms with Crippen LogP contribution in [0, 0.1) is 6.92 Å². The molecule has 0 spiro atoms. The van der Waals surface area contributed by atoms with Gasteiger partial charge in [0.2, 0.25) is 5.78 Å². The van der Waals surface area contributed by atoms with Gasteiger partial charge in [0.25, 0.3) is 0 Å². The second kappa shape index (κ2) is 7.29. The molecular weight excluding hydrogens is 360 g/mol. The van der Waals surface area contributed by atoms with Gasteiger partial charge in [-0.1, -0.05) is 54.1 Å². The second-order valence-electron chi connectivity index (χ2n) is 6.38. The molecule has 0 saturated heterocycles. The van der Waals surface area contributed by atoms with Crippen LogP contribution in [-0.2, 0) is 6.61 Å². The first-order chi connectivity index (χ1) is 13.1. The maximum atomic E-state index is 12.7. The minimum atomic E-state index is -0.104. The van der Waals surface area contributed by atoms with Gasteiger partial charge in [0, 0.05) is 11.1 Å². The summed E-state index contributed by atoms with van der Waals surface area (Å²) in [5, 5.41) is 0.672. The number of ether oxygens (including phenoxy) is 2. The molecule has 0 atom stereocenters. The van der Waals surface area contributed by atoms with Crippen LogP contribution in [0.2, 0.25) is 5.02 Å². The number of ketones is 1. The van der Waals surface area contributed by atoms with Crippen molar-refractivity contribution in [1.29, 1.82) is 0 Å². The molecule has 0 bridgehead atoms. The van der Waals surface area contributed by atoms with Crippen LogP contribution in [0.25, 0.3) is 6.08 Å². The zero-order valence-electron chi connectivity index (χ0n) is 14.7. The van der Waals surface area contributed by atoms with Crippen LogP contribution in [-0.4, -0.2) is 5.78 Å². The van der Waals surface area contributed by atoms with Crippen LogP contribution in [0.3, 0.4) is 0 Å². The van der Waals surface area contributed by atoms with E-state index in [1.807, 2.05) is 67.6 Å². The molecule has 0 radical (unpaired) electrons. The van der Waals surface area contributed by atoms with Gasteiger partial charge in [0.05, 0.1) is 5.56 Å². The number of Topliss-reactive ketones (excluding diaryl/α,β-unsaturated/α-hetero) is 1. The van der Waals surface area contributed by atoms with E-state index in [-0.39, 0.29) is 5.78 Å². The molecule has 0 N–H and O–H groups in total. The summed E-state index contributed by atoms with van der Waals surface area (Å²) in [6.45, 7) is 2.28. The predicted octanol–water partition coefficient (Wildman–Crippen LogP) is 5.84. The lowest BCUT2D eigenvalue weighted by atomic mass is 10.0. The van der Waals surface area contributed by atoms with Crippen LogP contribution in [0.15, 0.2) is 72.5 Å². The molecule has 3 nitrogen and oxygen atoms in total. The molecule has 134 valence electrons. The van der Waals surface area contributed by atoms with Gasteiger partial charge in [-0.15, -0.1) is 0 Å². The number of hydrogen-bond donors (Lipinski definition) is 0. The molecule has 0 aliphatic carbocycles. The van der Waals surface area contributed by atoms with Crippen molar-refractivity contribution in [1.82, 2.24) is 0 Å². The molecule has 3 aromatic carbocycles. The number of halogens is 1. The Labute approximate surface area is 162 Å². The summed E-state index contributed by atoms with van der Waals surface area (Å²) < 4.78 is 11.7. The average Bonchev–Trinajstić information content (AvgIpc) is 2.97. The molecule has 4 rings (SSSR count). The van der Waals surface area contributed by atoms with Gasteiger partial charge in [-0.3, -0.25) is 4.79 Å². The minimum Gasteiger partial charge on any atom is -0.489 e. The van der Waals surface area contributed by atoms with Crippen LogP contribution >= 0.6 is 11.6 Å². The number of carbonyl (C=O) groups is 1. The molecule has 0 aromatic heterocycles. The van der Waals surface area contributed by atoms with E-state index >= 15 is 0 Å². The van der Waals surface area contributed by atoms with Crippen LogP contribution in [0.1, 0.15) is 27.0 Å². The van der Waals surface area contributed by atoms with E-state index in [1.54, 1.807) is 12.1 Å². The molecular formula is C23H17ClO3. The Balaban J connectivity index is 1.57. The third-order valence-corrected chi connectivity index (χ3v) is 4.57. The van der Waals surface area contributed by atoms with E-state index in [0.717, 1.165) is 16.7 Å². The molecule has 0 unspecified atom stereocenters. The summed E-state index contributed by atoms with van der Waals surface area (Å²) >= 11 is 6.01. The third-order valence-electron chi connectivity index (χ3n) is 4.34. The number of aryl methyl sites for hydroxylation is 1. The Hall–Kier alpha value is -3.04. The van der Waals surface area contributed by atoms with E-state index in [4.69, 9.17) is 21.1 Å². The summed E-state index contributed by atoms with van der Waals surface area (Å²) in [6, 6.07) is 20.8. The monoisotopic (exact) mass is 376 g/mol. The number of hydrogen-bond acceptors (Lipinski definition) is 3. The van der Waals surface area contributed by atoms with Crippen LogP contribution in [0.4, 0.5) is 0 Å². The highest BCUT2D eigenvalue weighted by Crippen LogP contribution is 2.37. The second-order valence-corrected chi connectivity index (χ2v) is 6.82. The molecule has 1 aliphatic heterocycles. The third kappa shape index (κ3) is 3.74. The van der Waals surface area contributed by atoms with Crippen molar-refractivity contribution in [2.24, 2.45) is 0 Å². The van der Waals surface area contributed by atoms with Gasteiger partial charge in [-0.2, -0.15) is 0 Å². The summed E-state index contributed by atoms with van der Waals surface area (Å²) in [5.74, 6) is 1.40. The Kier molecular flexibility index (Phi) is 4.69. The zero-order valence-corrected chi connectivity index (χ0v) is 15.5. The lowest BCUT2D eigenvalue weighted by molar-refractivity contribution is 0.101. The van der Waals surface area contributed by atoms with Crippen molar-refractivity contribution in [3.8, 4) is 11.5 Å². The molecule has 4 heteroatoms. The van der Waals surface area contributed by atoms with Gasteiger partial charge in [-0.25, -0.2) is 0 Å². The molecule has 0 saturated carbocycles. The van der Waals surface area contributed by atoms with Crippen LogP contribution < -0.4 is 9.47 Å². The van der Waals surface area contributed by atoms with Crippen molar-refractivity contribution >= 4 is 23.5 Å². The Bertz CT molecular complexity index is 1040. The Morgan fingerprint density at radius 3 is 2.63 bits per heavy atom. The van der Waals surface area contributed by atoms with E-state index in [9.17, 15) is 4.79 Å². The number of rotatable bonds is 4. The van der Waals surface area contributed by atoms with Gasteiger partial charge < -0.3 is 9.47 Å². The minimum absolute atomic E-state index is 0.104. The Morgan fingerprint density at radius 2 is 1.85 bits per heavy atom. The molecule has 0 fully saturated rings. The topological polar surface area (TPSA) is 35.5 Å². The summed E-state index contributed by atoms with van der Waals surface area (Å²) in [7, 11) is 0. The molecule has 1 heterocycles. The van der Waals surface area contributed by atoms with E-state index in [1.165, 1.54) is 0 Å². The van der Waals surface area contributed by atoms with E-state index < -0.39 is 0 Å². The van der Waals surface area contributed by atoms with E-state index in [2.05, 4.69) is 0 Å². The van der Waals surface area contributed by atoms with Gasteiger partial charge in [-0.05, 0) is 47.9 Å². The summed E-state index contributed by atoms with van der Waals surface area (Å²) in [5.41, 5.74) is 3.31. The first-order valence-electron chi connectivity index (χ1n) is 8.61. The fraction of sp³-hybridized carbons (Fsp3) is 0.0870. The first kappa shape index (κ1) is 17.4. The smallest absolute Gasteiger partial charge is 0.232 e. The molecule has 0 amide bonds. The standard InChI is InChI=1S/C23H17ClO3/c1-15-10-19(26-14-17-8-5-9-18(24)11-17)13-20-22(15)23(25)21(27-20)12-16-6-3-2-4-7-16/h2-13H,14H2,1H3/b21-12-. The molecule has 1 aliphatic rings. The predicted molar refractivity (Wildman–Crippen MR) is 106 cm³/mol. The SMILES string of the molecule is Cc1cc(OCc2cccc(Cl)c2)cc2c1C(=O)/C(=C/c1ccccc1)O2. The molecule has 3 aromatic rings. The van der Waals surface area contributed by atoms with Crippen molar-refractivity contribution < 1.29 is 14.3 Å². The highest BCUT2D eigenvalue weighted by Gasteiger charge is 2.30. The van der Waals surface area contributed by atoms with Gasteiger partial charge in [0.1, 0.15) is 18.1 Å². The fourth-order valence-corrected chi connectivity index (χ4v) is 3.27. The van der Waals surface area contributed by atoms with Crippen molar-refractivity contribution in [2.75, 3.05) is 0 Å². The Morgan fingerprint density at radius 1 is 1.04 bits per heavy atom. The normalized spacial score (nSPS) is 14.1. The van der Waals surface area contributed by atoms with Crippen molar-refractivity contribution in [3.05, 3.63) is 99.8 Å². The van der Waals surface area contributed by atoms with Crippen molar-refractivity contribution in [3.63, 3.8) is 0 Å². The number of benzene rings is 3. The quantitative estimate of drug-likeness (QED) is 0.536. The number of carbonyl (C=O) groups excluding carboxylic acids is 1. The lowest BCUT2D eigenvalue weighted by Gasteiger charge is -2.09. The average molecular weight is 377 g/mol. The van der Waals surface area contributed by atoms with Gasteiger partial charge >= 0.3 is 0 Å². The maximum Gasteiger partial charge on any atom is 0.232 e. The maximum absolute atomic E-state index is 12.7. The van der Waals surface area contributed by atoms with Crippen LogP contribution in [0.5, 0.6) is 11.5 Å². The summed E-state index contributed by atoms with van der Waals surface area (Å²) in [6.07, 6.45) is 1.76. The lowest BCUT2D eigenvalue weighted by Crippen LogP contribution is -2.00. The summed E-state index contributed by atoms with van der Waals surface area (Å²) in [4.78, 5) is 12.7. The largest absolute Gasteiger partial charge is 0.489 e. The number of fused-ring (bicyclic) bond motifs is 1. The first-order valence-corrected chi connectivity index (χ1v) is 8.99. The van der Waals surface area contributed by atoms with Gasteiger partial charge in [0.15, 0.2) is 5.76 Å². The van der Waals surface area contributed by atoms with E-state index in [0.29, 0.717) is 34.5 Å². The van der Waals surface area contributed by atoms with Crippen molar-refractivity contribution in [2.45, 2.75) is 13.5 Å². The number of allylic oxidation sites excluding steroid dienone is 1. The zero-order chi connectivity index (χ0) is 18.8. The highest BCUT2D eigenvalue weighted by atomic mass is 35.5.